The summed E-state index contributed by atoms with van der Waals surface area (Å²) in [7, 11) is 1.67. The smallest absolute Gasteiger partial charge is 0.387 e. The van der Waals surface area contributed by atoms with Crippen LogP contribution in [0.1, 0.15) is 15.9 Å². The molecule has 0 aliphatic rings. The van der Waals surface area contributed by atoms with E-state index in [2.05, 4.69) is 9.84 Å². The summed E-state index contributed by atoms with van der Waals surface area (Å²) >= 11 is 0. The molecule has 5 nitrogen and oxygen atoms in total. The number of carbonyl (C=O) groups is 1. The lowest BCUT2D eigenvalue weighted by Gasteiger charge is -2.16. The molecule has 0 bridgehead atoms. The largest absolute Gasteiger partial charge is 0.435 e. The monoisotopic (exact) mass is 357 g/mol. The molecule has 1 aromatic heterocycles. The first-order valence-corrected chi connectivity index (χ1v) is 7.92. The lowest BCUT2D eigenvalue weighted by molar-refractivity contribution is -0.0498. The number of hydrogen-bond acceptors (Lipinski definition) is 3. The number of carbonyl (C=O) groups excluding carboxylic acids is 1. The van der Waals surface area contributed by atoms with E-state index in [1.165, 1.54) is 29.2 Å². The summed E-state index contributed by atoms with van der Waals surface area (Å²) in [6.45, 7) is -2.51. The van der Waals surface area contributed by atoms with Crippen LogP contribution in [0.2, 0.25) is 0 Å². The number of hydrogen-bond donors (Lipinski definition) is 0. The van der Waals surface area contributed by atoms with Crippen LogP contribution in [0.5, 0.6) is 5.75 Å². The van der Waals surface area contributed by atoms with Crippen LogP contribution < -0.4 is 4.74 Å². The van der Waals surface area contributed by atoms with Crippen LogP contribution in [0, 0.1) is 0 Å². The van der Waals surface area contributed by atoms with Crippen molar-refractivity contribution in [2.45, 2.75) is 13.2 Å². The third kappa shape index (κ3) is 4.24. The molecule has 1 amide bonds. The van der Waals surface area contributed by atoms with Gasteiger partial charge < -0.3 is 9.64 Å². The van der Waals surface area contributed by atoms with Gasteiger partial charge in [-0.3, -0.25) is 4.79 Å². The SMILES string of the molecule is CN(Cc1cnn(-c2ccccc2)c1)C(=O)c1ccc(OC(F)F)cc1. The van der Waals surface area contributed by atoms with E-state index in [1.54, 1.807) is 17.9 Å². The molecule has 0 atom stereocenters. The van der Waals surface area contributed by atoms with Gasteiger partial charge in [0.05, 0.1) is 11.9 Å². The minimum absolute atomic E-state index is 0.0170. The highest BCUT2D eigenvalue weighted by molar-refractivity contribution is 5.94. The molecule has 2 aromatic carbocycles. The first-order valence-electron chi connectivity index (χ1n) is 7.92. The van der Waals surface area contributed by atoms with E-state index in [1.807, 2.05) is 36.5 Å². The summed E-state index contributed by atoms with van der Waals surface area (Å²) in [4.78, 5) is 14.0. The van der Waals surface area contributed by atoms with Gasteiger partial charge in [0.2, 0.25) is 0 Å². The fourth-order valence-electron chi connectivity index (χ4n) is 2.51. The van der Waals surface area contributed by atoms with Gasteiger partial charge in [-0.2, -0.15) is 13.9 Å². The Hall–Kier alpha value is -3.22. The van der Waals surface area contributed by atoms with Crippen LogP contribution in [0.15, 0.2) is 67.0 Å². The zero-order valence-electron chi connectivity index (χ0n) is 14.0. The second kappa shape index (κ2) is 7.77. The molecule has 1 heterocycles. The predicted molar refractivity (Wildman–Crippen MR) is 92.4 cm³/mol. The molecule has 0 aliphatic carbocycles. The molecule has 0 saturated carbocycles. The molecule has 0 fully saturated rings. The molecule has 134 valence electrons. The highest BCUT2D eigenvalue weighted by Gasteiger charge is 2.14. The number of halogens is 2. The van der Waals surface area contributed by atoms with Crippen LogP contribution in [-0.4, -0.2) is 34.2 Å². The van der Waals surface area contributed by atoms with Crippen molar-refractivity contribution < 1.29 is 18.3 Å². The molecule has 0 aliphatic heterocycles. The quantitative estimate of drug-likeness (QED) is 0.675. The highest BCUT2D eigenvalue weighted by atomic mass is 19.3. The number of ether oxygens (including phenoxy) is 1. The maximum Gasteiger partial charge on any atom is 0.387 e. The van der Waals surface area contributed by atoms with Crippen molar-refractivity contribution in [3.8, 4) is 11.4 Å². The summed E-state index contributed by atoms with van der Waals surface area (Å²) in [5.41, 5.74) is 2.20. The molecule has 0 radical (unpaired) electrons. The number of para-hydroxylation sites is 1. The molecule has 0 unspecified atom stereocenters. The second-order valence-corrected chi connectivity index (χ2v) is 5.69. The van der Waals surface area contributed by atoms with Crippen molar-refractivity contribution in [2.75, 3.05) is 7.05 Å². The van der Waals surface area contributed by atoms with Crippen molar-refractivity contribution in [2.24, 2.45) is 0 Å². The van der Waals surface area contributed by atoms with Crippen molar-refractivity contribution in [3.05, 3.63) is 78.1 Å². The minimum Gasteiger partial charge on any atom is -0.435 e. The van der Waals surface area contributed by atoms with Gasteiger partial charge in [-0.1, -0.05) is 18.2 Å². The van der Waals surface area contributed by atoms with E-state index in [9.17, 15) is 13.6 Å². The van der Waals surface area contributed by atoms with Gasteiger partial charge in [0.15, 0.2) is 0 Å². The summed E-state index contributed by atoms with van der Waals surface area (Å²) in [5, 5.41) is 4.30. The zero-order chi connectivity index (χ0) is 18.5. The van der Waals surface area contributed by atoms with Crippen LogP contribution >= 0.6 is 0 Å². The molecule has 0 N–H and O–H groups in total. The van der Waals surface area contributed by atoms with Gasteiger partial charge >= 0.3 is 6.61 Å². The Kier molecular flexibility index (Phi) is 5.26. The third-order valence-corrected chi connectivity index (χ3v) is 3.75. The number of amides is 1. The maximum atomic E-state index is 12.5. The first kappa shape index (κ1) is 17.6. The van der Waals surface area contributed by atoms with Crippen LogP contribution in [-0.2, 0) is 6.54 Å². The summed E-state index contributed by atoms with van der Waals surface area (Å²) in [6.07, 6.45) is 3.56. The van der Waals surface area contributed by atoms with E-state index in [-0.39, 0.29) is 11.7 Å². The fraction of sp³-hybridized carbons (Fsp3) is 0.158. The zero-order valence-corrected chi connectivity index (χ0v) is 14.0. The number of alkyl halides is 2. The first-order chi connectivity index (χ1) is 12.5. The van der Waals surface area contributed by atoms with Gasteiger partial charge in [0.1, 0.15) is 5.75 Å². The predicted octanol–water partition coefficient (Wildman–Crippen LogP) is 3.75. The van der Waals surface area contributed by atoms with Crippen LogP contribution in [0.3, 0.4) is 0 Å². The van der Waals surface area contributed by atoms with E-state index in [0.29, 0.717) is 12.1 Å². The molecule has 7 heteroatoms. The van der Waals surface area contributed by atoms with Crippen LogP contribution in [0.4, 0.5) is 8.78 Å². The summed E-state index contributed by atoms with van der Waals surface area (Å²) in [5.74, 6) is -0.204. The van der Waals surface area contributed by atoms with E-state index in [4.69, 9.17) is 0 Å². The van der Waals surface area contributed by atoms with E-state index >= 15 is 0 Å². The summed E-state index contributed by atoms with van der Waals surface area (Å²) in [6, 6.07) is 15.3. The molecular formula is C19H17F2N3O2. The molecule has 3 rings (SSSR count). The number of nitrogens with zero attached hydrogens (tertiary/aromatic N) is 3. The van der Waals surface area contributed by atoms with Gasteiger partial charge in [0.25, 0.3) is 5.91 Å². The van der Waals surface area contributed by atoms with Crippen molar-refractivity contribution >= 4 is 5.91 Å². The van der Waals surface area contributed by atoms with Crippen molar-refractivity contribution in [1.82, 2.24) is 14.7 Å². The van der Waals surface area contributed by atoms with Crippen LogP contribution in [0.25, 0.3) is 5.69 Å². The Morgan fingerprint density at radius 3 is 2.50 bits per heavy atom. The van der Waals surface area contributed by atoms with Crippen molar-refractivity contribution in [3.63, 3.8) is 0 Å². The van der Waals surface area contributed by atoms with Gasteiger partial charge in [-0.05, 0) is 36.4 Å². The Morgan fingerprint density at radius 1 is 1.15 bits per heavy atom. The Bertz CT molecular complexity index is 864. The molecule has 3 aromatic rings. The van der Waals surface area contributed by atoms with Crippen molar-refractivity contribution in [1.29, 1.82) is 0 Å². The molecule has 0 saturated heterocycles. The van der Waals surface area contributed by atoms with Gasteiger partial charge in [0, 0.05) is 30.9 Å². The topological polar surface area (TPSA) is 47.4 Å². The highest BCUT2D eigenvalue weighted by Crippen LogP contribution is 2.17. The lowest BCUT2D eigenvalue weighted by Crippen LogP contribution is -2.26. The average Bonchev–Trinajstić information content (AvgIpc) is 3.10. The summed E-state index contributed by atoms with van der Waals surface area (Å²) < 4.78 is 30.4. The van der Waals surface area contributed by atoms with E-state index in [0.717, 1.165) is 11.3 Å². The maximum absolute atomic E-state index is 12.5. The Balaban J connectivity index is 1.65. The van der Waals surface area contributed by atoms with E-state index < -0.39 is 6.61 Å². The molecule has 26 heavy (non-hydrogen) atoms. The number of benzene rings is 2. The molecule has 0 spiro atoms. The Morgan fingerprint density at radius 2 is 1.85 bits per heavy atom. The standard InChI is InChI=1S/C19H17F2N3O2/c1-23(18(25)15-7-9-17(10-8-15)26-19(20)21)12-14-11-22-24(13-14)16-5-3-2-4-6-16/h2-11,13,19H,12H2,1H3. The minimum atomic E-state index is -2.89. The van der Waals surface area contributed by atoms with Gasteiger partial charge in [-0.25, -0.2) is 4.68 Å². The lowest BCUT2D eigenvalue weighted by atomic mass is 10.2. The normalized spacial score (nSPS) is 10.8. The Labute approximate surface area is 149 Å². The number of rotatable bonds is 6. The third-order valence-electron chi connectivity index (χ3n) is 3.75. The molecular weight excluding hydrogens is 340 g/mol. The van der Waals surface area contributed by atoms with Gasteiger partial charge in [-0.15, -0.1) is 0 Å². The average molecular weight is 357 g/mol. The number of aromatic nitrogens is 2. The fourth-order valence-corrected chi connectivity index (χ4v) is 2.51. The second-order valence-electron chi connectivity index (χ2n) is 5.69.